The monoisotopic (exact) mass is 437 g/mol. The van der Waals surface area contributed by atoms with Gasteiger partial charge in [0.05, 0.1) is 6.04 Å². The van der Waals surface area contributed by atoms with E-state index in [-0.39, 0.29) is 22.3 Å². The van der Waals surface area contributed by atoms with Gasteiger partial charge in [-0.3, -0.25) is 9.59 Å². The van der Waals surface area contributed by atoms with E-state index in [2.05, 4.69) is 15.3 Å². The molecule has 1 saturated heterocycles. The van der Waals surface area contributed by atoms with Gasteiger partial charge in [0.1, 0.15) is 6.04 Å². The predicted octanol–water partition coefficient (Wildman–Crippen LogP) is 3.24. The van der Waals surface area contributed by atoms with Gasteiger partial charge >= 0.3 is 6.18 Å². The number of alkyl halides is 3. The largest absolute Gasteiger partial charge is 0.449 e. The molecule has 30 heavy (non-hydrogen) atoms. The summed E-state index contributed by atoms with van der Waals surface area (Å²) in [6.07, 6.45) is -3.45. The standard InChI is InChI=1S/C19H18F3N5O2S/c1-10(11-6-3-2-4-7-11)23-14(28)12-8-5-9-27(12)18-24-13-15(29)25-17(19(20,21)22)26-16(13)30-18/h2-4,6-7,10,12H,5,8-9H2,1H3,(H,23,28)(H,25,26,29)/t10-,12?/m1/s1. The van der Waals surface area contributed by atoms with Gasteiger partial charge in [0.2, 0.25) is 11.7 Å². The molecule has 3 aromatic rings. The van der Waals surface area contributed by atoms with Crippen LogP contribution in [-0.2, 0) is 11.0 Å². The van der Waals surface area contributed by atoms with Crippen LogP contribution in [0.4, 0.5) is 18.3 Å². The van der Waals surface area contributed by atoms with Crippen molar-refractivity contribution in [2.24, 2.45) is 0 Å². The molecule has 1 fully saturated rings. The first-order chi connectivity index (χ1) is 14.2. The number of halogens is 3. The van der Waals surface area contributed by atoms with Gasteiger partial charge in [0.25, 0.3) is 5.56 Å². The van der Waals surface area contributed by atoms with E-state index in [0.717, 1.165) is 23.3 Å². The van der Waals surface area contributed by atoms with E-state index < -0.39 is 23.6 Å². The number of hydrogen-bond donors (Lipinski definition) is 2. The number of carbonyl (C=O) groups is 1. The van der Waals surface area contributed by atoms with Crippen LogP contribution >= 0.6 is 11.3 Å². The van der Waals surface area contributed by atoms with Gasteiger partial charge in [-0.1, -0.05) is 41.7 Å². The number of thiazole rings is 1. The minimum atomic E-state index is -4.76. The van der Waals surface area contributed by atoms with E-state index in [0.29, 0.717) is 18.1 Å². The number of rotatable bonds is 4. The second kappa shape index (κ2) is 7.71. The third kappa shape index (κ3) is 3.89. The van der Waals surface area contributed by atoms with Crippen LogP contribution in [0.1, 0.15) is 37.2 Å². The topological polar surface area (TPSA) is 91.0 Å². The van der Waals surface area contributed by atoms with Gasteiger partial charge in [-0.25, -0.2) is 9.97 Å². The van der Waals surface area contributed by atoms with Crippen molar-refractivity contribution in [3.63, 3.8) is 0 Å². The van der Waals surface area contributed by atoms with Gasteiger partial charge in [0, 0.05) is 6.54 Å². The van der Waals surface area contributed by atoms with Crippen LogP contribution in [0.5, 0.6) is 0 Å². The Labute approximate surface area is 173 Å². The van der Waals surface area contributed by atoms with E-state index in [1.54, 1.807) is 9.88 Å². The number of carbonyl (C=O) groups excluding carboxylic acids is 1. The SMILES string of the molecule is C[C@@H](NC(=O)C1CCCN1c1nc2c(=O)[nH]c(C(F)(F)F)nc2s1)c1ccccc1. The summed E-state index contributed by atoms with van der Waals surface area (Å²) in [5, 5.41) is 3.29. The molecule has 1 aliphatic heterocycles. The highest BCUT2D eigenvalue weighted by atomic mass is 32.1. The third-order valence-electron chi connectivity index (χ3n) is 4.99. The van der Waals surface area contributed by atoms with Crippen molar-refractivity contribution in [2.75, 3.05) is 11.4 Å². The Balaban J connectivity index is 1.58. The zero-order valence-corrected chi connectivity index (χ0v) is 16.7. The molecule has 11 heteroatoms. The quantitative estimate of drug-likeness (QED) is 0.654. The summed E-state index contributed by atoms with van der Waals surface area (Å²) in [4.78, 5) is 35.9. The van der Waals surface area contributed by atoms with E-state index in [1.165, 1.54) is 0 Å². The van der Waals surface area contributed by atoms with Gasteiger partial charge in [-0.05, 0) is 25.3 Å². The average Bonchev–Trinajstić information content (AvgIpc) is 3.35. The van der Waals surface area contributed by atoms with Crippen LogP contribution in [0.2, 0.25) is 0 Å². The fourth-order valence-electron chi connectivity index (χ4n) is 3.48. The van der Waals surface area contributed by atoms with Crippen molar-refractivity contribution in [1.29, 1.82) is 0 Å². The molecule has 0 spiro atoms. The molecular formula is C19H18F3N5O2S. The molecule has 2 aromatic heterocycles. The van der Waals surface area contributed by atoms with Gasteiger partial charge in [0.15, 0.2) is 15.5 Å². The molecule has 1 aliphatic rings. The molecule has 3 heterocycles. The Morgan fingerprint density at radius 2 is 2.03 bits per heavy atom. The number of H-pyrrole nitrogens is 1. The normalized spacial score (nSPS) is 18.0. The minimum Gasteiger partial charge on any atom is -0.348 e. The number of hydrogen-bond acceptors (Lipinski definition) is 6. The molecule has 4 rings (SSSR count). The maximum absolute atomic E-state index is 12.9. The Morgan fingerprint density at radius 3 is 2.73 bits per heavy atom. The fraction of sp³-hybridized carbons (Fsp3) is 0.368. The molecule has 0 radical (unpaired) electrons. The van der Waals surface area contributed by atoms with Crippen molar-refractivity contribution < 1.29 is 18.0 Å². The predicted molar refractivity (Wildman–Crippen MR) is 106 cm³/mol. The van der Waals surface area contributed by atoms with Crippen LogP contribution in [0.25, 0.3) is 10.3 Å². The second-order valence-corrected chi connectivity index (χ2v) is 8.01. The van der Waals surface area contributed by atoms with Crippen molar-refractivity contribution >= 4 is 32.7 Å². The van der Waals surface area contributed by atoms with Crippen LogP contribution in [-0.4, -0.2) is 33.4 Å². The minimum absolute atomic E-state index is 0.107. The Morgan fingerprint density at radius 1 is 1.30 bits per heavy atom. The van der Waals surface area contributed by atoms with E-state index in [9.17, 15) is 22.8 Å². The number of nitrogens with zero attached hydrogens (tertiary/aromatic N) is 3. The highest BCUT2D eigenvalue weighted by Gasteiger charge is 2.36. The van der Waals surface area contributed by atoms with Crippen LogP contribution in [0, 0.1) is 0 Å². The number of aromatic amines is 1. The van der Waals surface area contributed by atoms with Crippen molar-refractivity contribution in [3.8, 4) is 0 Å². The summed E-state index contributed by atoms with van der Waals surface area (Å²) in [6, 6.07) is 8.79. The van der Waals surface area contributed by atoms with E-state index in [1.807, 2.05) is 37.3 Å². The molecule has 1 aromatic carbocycles. The summed E-state index contributed by atoms with van der Waals surface area (Å²) in [5.41, 5.74) is -0.148. The lowest BCUT2D eigenvalue weighted by molar-refractivity contribution is -0.144. The summed E-state index contributed by atoms with van der Waals surface area (Å²) in [6.45, 7) is 2.40. The number of aromatic nitrogens is 3. The van der Waals surface area contributed by atoms with Crippen LogP contribution in [0.15, 0.2) is 35.1 Å². The van der Waals surface area contributed by atoms with Crippen LogP contribution < -0.4 is 15.8 Å². The number of amides is 1. The summed E-state index contributed by atoms with van der Waals surface area (Å²) in [7, 11) is 0. The van der Waals surface area contributed by atoms with Gasteiger partial charge in [-0.2, -0.15) is 13.2 Å². The highest BCUT2D eigenvalue weighted by molar-refractivity contribution is 7.21. The van der Waals surface area contributed by atoms with Gasteiger partial charge in [-0.15, -0.1) is 0 Å². The zero-order chi connectivity index (χ0) is 21.5. The van der Waals surface area contributed by atoms with Crippen molar-refractivity contribution in [3.05, 3.63) is 52.1 Å². The molecule has 7 nitrogen and oxygen atoms in total. The maximum Gasteiger partial charge on any atom is 0.449 e. The number of fused-ring (bicyclic) bond motifs is 1. The lowest BCUT2D eigenvalue weighted by Crippen LogP contribution is -2.44. The summed E-state index contributed by atoms with van der Waals surface area (Å²) in [5.74, 6) is -1.55. The smallest absolute Gasteiger partial charge is 0.348 e. The Kier molecular flexibility index (Phi) is 5.22. The van der Waals surface area contributed by atoms with Crippen molar-refractivity contribution in [2.45, 2.75) is 38.0 Å². The fourth-order valence-corrected chi connectivity index (χ4v) is 4.50. The Hall–Kier alpha value is -2.95. The highest BCUT2D eigenvalue weighted by Crippen LogP contribution is 2.33. The molecule has 2 atom stereocenters. The summed E-state index contributed by atoms with van der Waals surface area (Å²) < 4.78 is 38.8. The van der Waals surface area contributed by atoms with Crippen LogP contribution in [0.3, 0.4) is 0 Å². The molecule has 2 N–H and O–H groups in total. The Bertz CT molecular complexity index is 1130. The first-order valence-electron chi connectivity index (χ1n) is 9.34. The first-order valence-corrected chi connectivity index (χ1v) is 10.2. The lowest BCUT2D eigenvalue weighted by Gasteiger charge is -2.25. The molecule has 158 valence electrons. The van der Waals surface area contributed by atoms with Crippen molar-refractivity contribution in [1.82, 2.24) is 20.3 Å². The molecule has 1 amide bonds. The first kappa shape index (κ1) is 20.3. The second-order valence-electron chi connectivity index (χ2n) is 7.05. The molecule has 0 saturated carbocycles. The summed E-state index contributed by atoms with van der Waals surface area (Å²) >= 11 is 0.879. The van der Waals surface area contributed by atoms with Gasteiger partial charge < -0.3 is 15.2 Å². The van der Waals surface area contributed by atoms with E-state index >= 15 is 0 Å². The lowest BCUT2D eigenvalue weighted by atomic mass is 10.1. The average molecular weight is 437 g/mol. The number of nitrogens with one attached hydrogen (secondary N) is 2. The molecule has 0 bridgehead atoms. The molecular weight excluding hydrogens is 419 g/mol. The maximum atomic E-state index is 12.9. The number of anilines is 1. The number of benzene rings is 1. The third-order valence-corrected chi connectivity index (χ3v) is 5.97. The zero-order valence-electron chi connectivity index (χ0n) is 15.9. The molecule has 1 unspecified atom stereocenters. The molecule has 0 aliphatic carbocycles. The van der Waals surface area contributed by atoms with E-state index in [4.69, 9.17) is 0 Å².